The number of nitrogens with zero attached hydrogens (tertiary/aromatic N) is 2. The van der Waals surface area contributed by atoms with Crippen LogP contribution in [0.25, 0.3) is 10.7 Å². The molecule has 2 aromatic rings. The van der Waals surface area contributed by atoms with Crippen molar-refractivity contribution in [3.63, 3.8) is 0 Å². The summed E-state index contributed by atoms with van der Waals surface area (Å²) in [6.07, 6.45) is 5.18. The van der Waals surface area contributed by atoms with Crippen LogP contribution in [0, 0.1) is 0 Å². The van der Waals surface area contributed by atoms with Crippen LogP contribution in [0.4, 0.5) is 0 Å². The van der Waals surface area contributed by atoms with Gasteiger partial charge in [-0.15, -0.1) is 11.3 Å². The molecule has 2 heterocycles. The lowest BCUT2D eigenvalue weighted by Gasteiger charge is -2.21. The van der Waals surface area contributed by atoms with Crippen molar-refractivity contribution < 1.29 is 0 Å². The van der Waals surface area contributed by atoms with Crippen molar-refractivity contribution in [2.45, 2.75) is 32.2 Å². The average molecular weight is 294 g/mol. The highest BCUT2D eigenvalue weighted by atomic mass is 35.5. The standard InChI is InChI=1S/C14H16ClN3S/c1-2-16-10-4-3-5-11-13(10)19-14(18-11)12-7-6-9(15)8-17-12/h6-8,10,16H,2-5H2,1H3. The molecule has 0 fully saturated rings. The van der Waals surface area contributed by atoms with Crippen LogP contribution in [0.15, 0.2) is 18.3 Å². The largest absolute Gasteiger partial charge is 0.309 e. The van der Waals surface area contributed by atoms with E-state index in [0.29, 0.717) is 11.1 Å². The van der Waals surface area contributed by atoms with Gasteiger partial charge in [0.2, 0.25) is 0 Å². The predicted octanol–water partition coefficient (Wildman–Crippen LogP) is 3.85. The van der Waals surface area contributed by atoms with E-state index in [1.165, 1.54) is 23.4 Å². The number of hydrogen-bond donors (Lipinski definition) is 1. The molecule has 3 nitrogen and oxygen atoms in total. The van der Waals surface area contributed by atoms with E-state index >= 15 is 0 Å². The molecule has 2 aromatic heterocycles. The Morgan fingerprint density at radius 2 is 2.37 bits per heavy atom. The number of aromatic nitrogens is 2. The van der Waals surface area contributed by atoms with Crippen molar-refractivity contribution in [1.82, 2.24) is 15.3 Å². The van der Waals surface area contributed by atoms with Gasteiger partial charge in [-0.05, 0) is 37.9 Å². The first-order chi connectivity index (χ1) is 9.28. The Bertz CT molecular complexity index is 565. The third kappa shape index (κ3) is 2.66. The topological polar surface area (TPSA) is 37.8 Å². The molecule has 1 N–H and O–H groups in total. The minimum Gasteiger partial charge on any atom is -0.309 e. The number of thiazole rings is 1. The predicted molar refractivity (Wildman–Crippen MR) is 79.7 cm³/mol. The molecule has 0 radical (unpaired) electrons. The molecule has 0 aliphatic heterocycles. The molecule has 3 rings (SSSR count). The fraction of sp³-hybridized carbons (Fsp3) is 0.429. The number of halogens is 1. The van der Waals surface area contributed by atoms with Crippen LogP contribution in [-0.4, -0.2) is 16.5 Å². The van der Waals surface area contributed by atoms with E-state index in [2.05, 4.69) is 17.2 Å². The zero-order chi connectivity index (χ0) is 13.2. The van der Waals surface area contributed by atoms with E-state index in [1.54, 1.807) is 17.5 Å². The molecule has 0 amide bonds. The van der Waals surface area contributed by atoms with Crippen LogP contribution in [0.3, 0.4) is 0 Å². The highest BCUT2D eigenvalue weighted by Gasteiger charge is 2.24. The highest BCUT2D eigenvalue weighted by Crippen LogP contribution is 2.37. The fourth-order valence-corrected chi connectivity index (χ4v) is 3.78. The fourth-order valence-electron chi connectivity index (χ4n) is 2.47. The summed E-state index contributed by atoms with van der Waals surface area (Å²) < 4.78 is 0. The second-order valence-electron chi connectivity index (χ2n) is 4.69. The van der Waals surface area contributed by atoms with Gasteiger partial charge in [0, 0.05) is 17.1 Å². The van der Waals surface area contributed by atoms with Crippen LogP contribution < -0.4 is 5.32 Å². The summed E-state index contributed by atoms with van der Waals surface area (Å²) in [6, 6.07) is 4.27. The Labute approximate surface area is 122 Å². The van der Waals surface area contributed by atoms with Gasteiger partial charge >= 0.3 is 0 Å². The molecule has 0 bridgehead atoms. The van der Waals surface area contributed by atoms with Crippen molar-refractivity contribution in [3.05, 3.63) is 33.9 Å². The SMILES string of the molecule is CCNC1CCCc2nc(-c3ccc(Cl)cn3)sc21. The molecule has 100 valence electrons. The lowest BCUT2D eigenvalue weighted by atomic mass is 9.98. The first-order valence-corrected chi connectivity index (χ1v) is 7.82. The molecular formula is C14H16ClN3S. The number of nitrogens with one attached hydrogen (secondary N) is 1. The minimum atomic E-state index is 0.465. The summed E-state index contributed by atoms with van der Waals surface area (Å²) in [6.45, 7) is 3.15. The number of pyridine rings is 1. The summed E-state index contributed by atoms with van der Waals surface area (Å²) in [4.78, 5) is 10.5. The zero-order valence-electron chi connectivity index (χ0n) is 10.8. The second-order valence-corrected chi connectivity index (χ2v) is 6.16. The van der Waals surface area contributed by atoms with Crippen molar-refractivity contribution in [3.8, 4) is 10.7 Å². The molecule has 5 heteroatoms. The normalized spacial score (nSPS) is 18.3. The Morgan fingerprint density at radius 1 is 1.47 bits per heavy atom. The van der Waals surface area contributed by atoms with Crippen LogP contribution in [0.1, 0.15) is 36.4 Å². The van der Waals surface area contributed by atoms with Gasteiger partial charge in [0.15, 0.2) is 0 Å². The van der Waals surface area contributed by atoms with Crippen molar-refractivity contribution >= 4 is 22.9 Å². The highest BCUT2D eigenvalue weighted by molar-refractivity contribution is 7.15. The Kier molecular flexibility index (Phi) is 3.82. The van der Waals surface area contributed by atoms with E-state index in [0.717, 1.165) is 23.7 Å². The zero-order valence-corrected chi connectivity index (χ0v) is 12.4. The molecule has 19 heavy (non-hydrogen) atoms. The van der Waals surface area contributed by atoms with E-state index in [-0.39, 0.29) is 0 Å². The maximum Gasteiger partial charge on any atom is 0.142 e. The molecule has 0 spiro atoms. The lowest BCUT2D eigenvalue weighted by Crippen LogP contribution is -2.23. The number of fused-ring (bicyclic) bond motifs is 1. The first kappa shape index (κ1) is 13.0. The van der Waals surface area contributed by atoms with Crippen molar-refractivity contribution in [1.29, 1.82) is 0 Å². The first-order valence-electron chi connectivity index (χ1n) is 6.63. The van der Waals surface area contributed by atoms with Crippen molar-refractivity contribution in [2.75, 3.05) is 6.54 Å². The van der Waals surface area contributed by atoms with Gasteiger partial charge in [-0.3, -0.25) is 4.98 Å². The number of hydrogen-bond acceptors (Lipinski definition) is 4. The quantitative estimate of drug-likeness (QED) is 0.934. The molecule has 0 aromatic carbocycles. The van der Waals surface area contributed by atoms with E-state index < -0.39 is 0 Å². The molecular weight excluding hydrogens is 278 g/mol. The summed E-state index contributed by atoms with van der Waals surface area (Å²) in [7, 11) is 0. The van der Waals surface area contributed by atoms with Gasteiger partial charge in [-0.2, -0.15) is 0 Å². The molecule has 1 aliphatic carbocycles. The van der Waals surface area contributed by atoms with E-state index in [1.807, 2.05) is 12.1 Å². The number of rotatable bonds is 3. The second kappa shape index (κ2) is 5.57. The smallest absolute Gasteiger partial charge is 0.142 e. The van der Waals surface area contributed by atoms with E-state index in [9.17, 15) is 0 Å². The van der Waals surface area contributed by atoms with Gasteiger partial charge < -0.3 is 5.32 Å². The van der Waals surface area contributed by atoms with Crippen LogP contribution >= 0.6 is 22.9 Å². The van der Waals surface area contributed by atoms with Crippen LogP contribution in [0.5, 0.6) is 0 Å². The summed E-state index contributed by atoms with van der Waals surface area (Å²) in [5.41, 5.74) is 2.16. The van der Waals surface area contributed by atoms with Crippen LogP contribution in [0.2, 0.25) is 5.02 Å². The molecule has 1 unspecified atom stereocenters. The number of aryl methyl sites for hydroxylation is 1. The third-order valence-electron chi connectivity index (χ3n) is 3.35. The van der Waals surface area contributed by atoms with Gasteiger partial charge in [0.25, 0.3) is 0 Å². The summed E-state index contributed by atoms with van der Waals surface area (Å²) >= 11 is 7.64. The maximum absolute atomic E-state index is 5.88. The monoisotopic (exact) mass is 293 g/mol. The summed E-state index contributed by atoms with van der Waals surface area (Å²) in [5, 5.41) is 5.21. The minimum absolute atomic E-state index is 0.465. The maximum atomic E-state index is 5.88. The molecule has 1 aliphatic rings. The van der Waals surface area contributed by atoms with Crippen LogP contribution in [-0.2, 0) is 6.42 Å². The molecule has 0 saturated carbocycles. The Morgan fingerprint density at radius 3 is 3.11 bits per heavy atom. The lowest BCUT2D eigenvalue weighted by molar-refractivity contribution is 0.476. The van der Waals surface area contributed by atoms with Crippen molar-refractivity contribution in [2.24, 2.45) is 0 Å². The molecule has 1 atom stereocenters. The third-order valence-corrected chi connectivity index (χ3v) is 4.80. The van der Waals surface area contributed by atoms with Gasteiger partial charge in [0.1, 0.15) is 5.01 Å². The summed E-state index contributed by atoms with van der Waals surface area (Å²) in [5.74, 6) is 0. The Hall–Kier alpha value is -0.970. The Balaban J connectivity index is 1.95. The van der Waals surface area contributed by atoms with Gasteiger partial charge in [-0.1, -0.05) is 18.5 Å². The van der Waals surface area contributed by atoms with Gasteiger partial charge in [-0.25, -0.2) is 4.98 Å². The van der Waals surface area contributed by atoms with Gasteiger partial charge in [0.05, 0.1) is 16.4 Å². The average Bonchev–Trinajstić information content (AvgIpc) is 2.85. The molecule has 0 saturated heterocycles. The van der Waals surface area contributed by atoms with E-state index in [4.69, 9.17) is 16.6 Å².